The maximum Gasteiger partial charge on any atom is 0.330 e. The molecular formula is C23H29N3O5S. The summed E-state index contributed by atoms with van der Waals surface area (Å²) >= 11 is 0. The van der Waals surface area contributed by atoms with Crippen molar-refractivity contribution in [3.05, 3.63) is 53.6 Å². The van der Waals surface area contributed by atoms with Crippen molar-refractivity contribution in [3.8, 4) is 11.1 Å². The fourth-order valence-corrected chi connectivity index (χ4v) is 3.64. The standard InChI is InChI=1S/C23H29N3O5S/c1-2-3-4-5-6-13-31-21(27)12-7-16-14-19(22(24)20(15-16)23(25)28)17-8-10-18(11-9-17)32(26,29)30/h7-12,14-15H,2-6,13,24H2,1H3,(H2,25,28)(H2,26,29,30)/b12-7+. The third-order valence-electron chi connectivity index (χ3n) is 4.87. The number of carbonyl (C=O) groups is 2. The Morgan fingerprint density at radius 1 is 1.03 bits per heavy atom. The number of primary sulfonamides is 1. The molecule has 0 aromatic heterocycles. The van der Waals surface area contributed by atoms with Gasteiger partial charge in [-0.05, 0) is 47.9 Å². The molecule has 8 nitrogen and oxygen atoms in total. The van der Waals surface area contributed by atoms with Gasteiger partial charge in [0.2, 0.25) is 10.0 Å². The second-order valence-electron chi connectivity index (χ2n) is 7.38. The molecule has 32 heavy (non-hydrogen) atoms. The molecule has 6 N–H and O–H groups in total. The van der Waals surface area contributed by atoms with Crippen LogP contribution in [0.25, 0.3) is 17.2 Å². The van der Waals surface area contributed by atoms with Gasteiger partial charge in [-0.2, -0.15) is 0 Å². The molecule has 0 unspecified atom stereocenters. The zero-order valence-corrected chi connectivity index (χ0v) is 18.9. The second-order valence-corrected chi connectivity index (χ2v) is 8.94. The minimum Gasteiger partial charge on any atom is -0.463 e. The molecule has 172 valence electrons. The molecule has 0 saturated heterocycles. The number of benzene rings is 2. The molecule has 0 aliphatic rings. The molecule has 0 radical (unpaired) electrons. The van der Waals surface area contributed by atoms with Crippen molar-refractivity contribution in [1.82, 2.24) is 0 Å². The number of hydrogen-bond donors (Lipinski definition) is 3. The van der Waals surface area contributed by atoms with E-state index in [4.69, 9.17) is 21.3 Å². The summed E-state index contributed by atoms with van der Waals surface area (Å²) in [5, 5.41) is 5.13. The summed E-state index contributed by atoms with van der Waals surface area (Å²) in [4.78, 5) is 23.8. The zero-order valence-electron chi connectivity index (χ0n) is 18.0. The van der Waals surface area contributed by atoms with Crippen LogP contribution in [0.2, 0.25) is 0 Å². The number of carbonyl (C=O) groups excluding carboxylic acids is 2. The van der Waals surface area contributed by atoms with Gasteiger partial charge >= 0.3 is 5.97 Å². The average Bonchev–Trinajstić information content (AvgIpc) is 2.74. The SMILES string of the molecule is CCCCCCCOC(=O)/C=C/c1cc(C(N)=O)c(N)c(-c2ccc(S(N)(=O)=O)cc2)c1. The number of anilines is 1. The van der Waals surface area contributed by atoms with Gasteiger partial charge in [-0.15, -0.1) is 0 Å². The molecule has 1 amide bonds. The van der Waals surface area contributed by atoms with Crippen LogP contribution in [0, 0.1) is 0 Å². The number of rotatable bonds is 11. The molecule has 0 spiro atoms. The molecule has 0 saturated carbocycles. The van der Waals surface area contributed by atoms with E-state index in [1.807, 2.05) is 0 Å². The monoisotopic (exact) mass is 459 g/mol. The van der Waals surface area contributed by atoms with Gasteiger partial charge in [0.25, 0.3) is 5.91 Å². The average molecular weight is 460 g/mol. The minimum atomic E-state index is -3.84. The summed E-state index contributed by atoms with van der Waals surface area (Å²) in [6, 6.07) is 8.88. The molecule has 0 aliphatic carbocycles. The van der Waals surface area contributed by atoms with Gasteiger partial charge in [0.15, 0.2) is 0 Å². The normalized spacial score (nSPS) is 11.6. The number of nitrogen functional groups attached to an aromatic ring is 1. The van der Waals surface area contributed by atoms with Crippen molar-refractivity contribution in [3.63, 3.8) is 0 Å². The fourth-order valence-electron chi connectivity index (χ4n) is 3.13. The summed E-state index contributed by atoms with van der Waals surface area (Å²) in [5.41, 5.74) is 13.3. The van der Waals surface area contributed by atoms with Gasteiger partial charge in [-0.3, -0.25) is 4.79 Å². The number of ether oxygens (including phenoxy) is 1. The van der Waals surface area contributed by atoms with E-state index in [0.717, 1.165) is 25.7 Å². The van der Waals surface area contributed by atoms with Crippen LogP contribution >= 0.6 is 0 Å². The predicted molar refractivity (Wildman–Crippen MR) is 125 cm³/mol. The van der Waals surface area contributed by atoms with E-state index >= 15 is 0 Å². The van der Waals surface area contributed by atoms with Crippen molar-refractivity contribution < 1.29 is 22.7 Å². The lowest BCUT2D eigenvalue weighted by atomic mass is 9.96. The Balaban J connectivity index is 2.22. The van der Waals surface area contributed by atoms with Gasteiger partial charge in [0.1, 0.15) is 0 Å². The van der Waals surface area contributed by atoms with Gasteiger partial charge in [0.05, 0.1) is 22.8 Å². The molecule has 0 bridgehead atoms. The molecule has 0 heterocycles. The Bertz CT molecular complexity index is 1090. The van der Waals surface area contributed by atoms with Gasteiger partial charge in [-0.1, -0.05) is 44.7 Å². The lowest BCUT2D eigenvalue weighted by molar-refractivity contribution is -0.137. The first-order valence-corrected chi connectivity index (χ1v) is 11.9. The Hall–Kier alpha value is -3.17. The van der Waals surface area contributed by atoms with Crippen molar-refractivity contribution in [2.75, 3.05) is 12.3 Å². The number of unbranched alkanes of at least 4 members (excludes halogenated alkanes) is 4. The van der Waals surface area contributed by atoms with E-state index < -0.39 is 21.9 Å². The minimum absolute atomic E-state index is 0.0524. The molecular weight excluding hydrogens is 430 g/mol. The van der Waals surface area contributed by atoms with Crippen LogP contribution in [0.3, 0.4) is 0 Å². The molecule has 0 atom stereocenters. The number of hydrogen-bond acceptors (Lipinski definition) is 6. The number of primary amides is 1. The summed E-state index contributed by atoms with van der Waals surface area (Å²) in [6.07, 6.45) is 8.04. The summed E-state index contributed by atoms with van der Waals surface area (Å²) in [5.74, 6) is -1.22. The van der Waals surface area contributed by atoms with Crippen LogP contribution in [0.4, 0.5) is 5.69 Å². The number of nitrogens with two attached hydrogens (primary N) is 3. The first-order chi connectivity index (χ1) is 15.1. The first-order valence-electron chi connectivity index (χ1n) is 10.3. The third kappa shape index (κ3) is 7.21. The van der Waals surface area contributed by atoms with E-state index in [1.54, 1.807) is 6.07 Å². The smallest absolute Gasteiger partial charge is 0.330 e. The lowest BCUT2D eigenvalue weighted by Crippen LogP contribution is -2.14. The molecule has 9 heteroatoms. The van der Waals surface area contributed by atoms with Crippen molar-refractivity contribution in [2.45, 2.75) is 43.9 Å². The lowest BCUT2D eigenvalue weighted by Gasteiger charge is -2.12. The predicted octanol–water partition coefficient (Wildman–Crippen LogP) is 3.21. The quantitative estimate of drug-likeness (QED) is 0.203. The zero-order chi connectivity index (χ0) is 23.7. The molecule has 2 rings (SSSR count). The van der Waals surface area contributed by atoms with Crippen LogP contribution in [-0.4, -0.2) is 26.9 Å². The van der Waals surface area contributed by atoms with E-state index in [9.17, 15) is 18.0 Å². The number of sulfonamides is 1. The Morgan fingerprint density at radius 3 is 2.28 bits per heavy atom. The molecule has 2 aromatic rings. The molecule has 0 fully saturated rings. The van der Waals surface area contributed by atoms with Crippen LogP contribution in [0.1, 0.15) is 54.9 Å². The van der Waals surface area contributed by atoms with Crippen molar-refractivity contribution in [1.29, 1.82) is 0 Å². The Kier molecular flexibility index (Phi) is 8.98. The van der Waals surface area contributed by atoms with Crippen molar-refractivity contribution >= 4 is 33.7 Å². The first kappa shape index (κ1) is 25.1. The van der Waals surface area contributed by atoms with E-state index in [2.05, 4.69) is 6.92 Å². The topological polar surface area (TPSA) is 156 Å². The van der Waals surface area contributed by atoms with E-state index in [-0.39, 0.29) is 16.1 Å². The maximum absolute atomic E-state index is 12.0. The fraction of sp³-hybridized carbons (Fsp3) is 0.304. The largest absolute Gasteiger partial charge is 0.463 e. The highest BCUT2D eigenvalue weighted by Crippen LogP contribution is 2.31. The second kappa shape index (κ2) is 11.4. The van der Waals surface area contributed by atoms with Crippen LogP contribution < -0.4 is 16.6 Å². The molecule has 2 aromatic carbocycles. The number of amides is 1. The number of esters is 1. The third-order valence-corrected chi connectivity index (χ3v) is 5.79. The Morgan fingerprint density at radius 2 is 1.69 bits per heavy atom. The summed E-state index contributed by atoms with van der Waals surface area (Å²) in [6.45, 7) is 2.49. The highest BCUT2D eigenvalue weighted by atomic mass is 32.2. The van der Waals surface area contributed by atoms with Gasteiger partial charge < -0.3 is 16.2 Å². The summed E-state index contributed by atoms with van der Waals surface area (Å²) < 4.78 is 28.1. The van der Waals surface area contributed by atoms with Crippen LogP contribution in [0.5, 0.6) is 0 Å². The van der Waals surface area contributed by atoms with E-state index in [0.29, 0.717) is 23.3 Å². The van der Waals surface area contributed by atoms with Crippen LogP contribution in [-0.2, 0) is 19.6 Å². The van der Waals surface area contributed by atoms with Crippen molar-refractivity contribution in [2.24, 2.45) is 10.9 Å². The van der Waals surface area contributed by atoms with E-state index in [1.165, 1.54) is 48.9 Å². The Labute approximate surface area is 188 Å². The highest BCUT2D eigenvalue weighted by molar-refractivity contribution is 7.89. The van der Waals surface area contributed by atoms with Crippen LogP contribution in [0.15, 0.2) is 47.4 Å². The summed E-state index contributed by atoms with van der Waals surface area (Å²) in [7, 11) is -3.84. The van der Waals surface area contributed by atoms with Gasteiger partial charge in [-0.25, -0.2) is 18.4 Å². The van der Waals surface area contributed by atoms with Gasteiger partial charge in [0, 0.05) is 11.6 Å². The molecule has 0 aliphatic heterocycles. The highest BCUT2D eigenvalue weighted by Gasteiger charge is 2.15. The maximum atomic E-state index is 12.0.